The summed E-state index contributed by atoms with van der Waals surface area (Å²) in [5.74, 6) is 1.64. The molecule has 0 unspecified atom stereocenters. The first-order valence-electron chi connectivity index (χ1n) is 6.96. The van der Waals surface area contributed by atoms with E-state index in [1.807, 2.05) is 44.2 Å². The summed E-state index contributed by atoms with van der Waals surface area (Å²) in [7, 11) is 0. The maximum absolute atomic E-state index is 4.44. The van der Waals surface area contributed by atoms with Crippen molar-refractivity contribution in [2.75, 3.05) is 17.2 Å². The van der Waals surface area contributed by atoms with Crippen molar-refractivity contribution >= 4 is 28.2 Å². The van der Waals surface area contributed by atoms with Crippen LogP contribution in [-0.2, 0) is 0 Å². The molecule has 0 aliphatic heterocycles. The second-order valence-corrected chi connectivity index (χ2v) is 4.73. The van der Waals surface area contributed by atoms with Gasteiger partial charge in [-0.3, -0.25) is 4.98 Å². The number of anilines is 3. The zero-order valence-corrected chi connectivity index (χ0v) is 12.1. The van der Waals surface area contributed by atoms with Crippen LogP contribution in [-0.4, -0.2) is 21.5 Å². The Bertz CT molecular complexity index is 764. The van der Waals surface area contributed by atoms with Crippen molar-refractivity contribution in [3.8, 4) is 0 Å². The molecule has 5 nitrogen and oxygen atoms in total. The van der Waals surface area contributed by atoms with Gasteiger partial charge in [-0.2, -0.15) is 0 Å². The maximum atomic E-state index is 4.44. The van der Waals surface area contributed by atoms with Crippen LogP contribution in [0, 0.1) is 6.92 Å². The minimum absolute atomic E-state index is 0.791. The molecule has 3 rings (SSSR count). The molecular formula is C16H17N5. The van der Waals surface area contributed by atoms with E-state index >= 15 is 0 Å². The average Bonchev–Trinajstić information content (AvgIpc) is 2.52. The topological polar surface area (TPSA) is 62.7 Å². The summed E-state index contributed by atoms with van der Waals surface area (Å²) >= 11 is 0. The van der Waals surface area contributed by atoms with Gasteiger partial charge in [-0.15, -0.1) is 0 Å². The number of pyridine rings is 1. The van der Waals surface area contributed by atoms with E-state index in [1.54, 1.807) is 12.5 Å². The molecule has 0 fully saturated rings. The van der Waals surface area contributed by atoms with Gasteiger partial charge < -0.3 is 10.6 Å². The number of para-hydroxylation sites is 1. The number of fused-ring (bicyclic) bond motifs is 1. The SMILES string of the molecule is CCNc1ncnc(Nc2cccc3cccnc23)c1C. The van der Waals surface area contributed by atoms with Gasteiger partial charge >= 0.3 is 0 Å². The number of hydrogen-bond acceptors (Lipinski definition) is 5. The van der Waals surface area contributed by atoms with Gasteiger partial charge in [0.15, 0.2) is 0 Å². The van der Waals surface area contributed by atoms with Gasteiger partial charge in [-0.25, -0.2) is 9.97 Å². The molecule has 1 aromatic carbocycles. The molecule has 0 saturated heterocycles. The summed E-state index contributed by atoms with van der Waals surface area (Å²) < 4.78 is 0. The Labute approximate surface area is 123 Å². The molecule has 0 aliphatic carbocycles. The van der Waals surface area contributed by atoms with E-state index in [0.29, 0.717) is 0 Å². The third-order valence-electron chi connectivity index (χ3n) is 3.31. The van der Waals surface area contributed by atoms with Crippen molar-refractivity contribution in [3.63, 3.8) is 0 Å². The quantitative estimate of drug-likeness (QED) is 0.765. The summed E-state index contributed by atoms with van der Waals surface area (Å²) in [6.07, 6.45) is 3.36. The van der Waals surface area contributed by atoms with E-state index in [9.17, 15) is 0 Å². The summed E-state index contributed by atoms with van der Waals surface area (Å²) in [6.45, 7) is 4.87. The van der Waals surface area contributed by atoms with Gasteiger partial charge in [0.25, 0.3) is 0 Å². The van der Waals surface area contributed by atoms with Crippen molar-refractivity contribution in [2.24, 2.45) is 0 Å². The molecule has 0 atom stereocenters. The summed E-state index contributed by atoms with van der Waals surface area (Å²) in [6, 6.07) is 10.0. The van der Waals surface area contributed by atoms with E-state index in [2.05, 4.69) is 25.6 Å². The van der Waals surface area contributed by atoms with Gasteiger partial charge in [0, 0.05) is 23.7 Å². The largest absolute Gasteiger partial charge is 0.370 e. The second-order valence-electron chi connectivity index (χ2n) is 4.73. The van der Waals surface area contributed by atoms with E-state index in [-0.39, 0.29) is 0 Å². The molecule has 2 N–H and O–H groups in total. The molecule has 0 radical (unpaired) electrons. The van der Waals surface area contributed by atoms with Gasteiger partial charge in [0.1, 0.15) is 18.0 Å². The van der Waals surface area contributed by atoms with Crippen molar-refractivity contribution in [1.82, 2.24) is 15.0 Å². The van der Waals surface area contributed by atoms with Crippen LogP contribution in [0.15, 0.2) is 42.9 Å². The highest BCUT2D eigenvalue weighted by molar-refractivity contribution is 5.92. The number of benzene rings is 1. The average molecular weight is 279 g/mol. The zero-order valence-electron chi connectivity index (χ0n) is 12.1. The maximum Gasteiger partial charge on any atom is 0.138 e. The van der Waals surface area contributed by atoms with Crippen LogP contribution in [0.4, 0.5) is 17.3 Å². The second kappa shape index (κ2) is 5.75. The fourth-order valence-corrected chi connectivity index (χ4v) is 2.25. The van der Waals surface area contributed by atoms with Crippen molar-refractivity contribution in [2.45, 2.75) is 13.8 Å². The molecule has 106 valence electrons. The van der Waals surface area contributed by atoms with Crippen LogP contribution in [0.3, 0.4) is 0 Å². The molecule has 2 aromatic heterocycles. The number of nitrogens with one attached hydrogen (secondary N) is 2. The Morgan fingerprint density at radius 3 is 2.67 bits per heavy atom. The molecular weight excluding hydrogens is 262 g/mol. The van der Waals surface area contributed by atoms with E-state index in [1.165, 1.54) is 0 Å². The van der Waals surface area contributed by atoms with E-state index in [0.717, 1.165) is 40.3 Å². The monoisotopic (exact) mass is 279 g/mol. The fourth-order valence-electron chi connectivity index (χ4n) is 2.25. The smallest absolute Gasteiger partial charge is 0.138 e. The fraction of sp³-hybridized carbons (Fsp3) is 0.188. The van der Waals surface area contributed by atoms with Gasteiger partial charge in [-0.1, -0.05) is 18.2 Å². The van der Waals surface area contributed by atoms with E-state index in [4.69, 9.17) is 0 Å². The zero-order chi connectivity index (χ0) is 14.7. The third kappa shape index (κ3) is 2.63. The first-order valence-corrected chi connectivity index (χ1v) is 6.96. The Kier molecular flexibility index (Phi) is 3.64. The lowest BCUT2D eigenvalue weighted by atomic mass is 10.2. The molecule has 2 heterocycles. The lowest BCUT2D eigenvalue weighted by Gasteiger charge is -2.13. The molecule has 21 heavy (non-hydrogen) atoms. The van der Waals surface area contributed by atoms with Crippen LogP contribution in [0.25, 0.3) is 10.9 Å². The minimum atomic E-state index is 0.791. The van der Waals surface area contributed by atoms with Gasteiger partial charge in [-0.05, 0) is 26.0 Å². The lowest BCUT2D eigenvalue weighted by Crippen LogP contribution is -2.05. The van der Waals surface area contributed by atoms with Crippen LogP contribution < -0.4 is 10.6 Å². The lowest BCUT2D eigenvalue weighted by molar-refractivity contribution is 1.08. The van der Waals surface area contributed by atoms with E-state index < -0.39 is 0 Å². The Balaban J connectivity index is 2.01. The minimum Gasteiger partial charge on any atom is -0.370 e. The van der Waals surface area contributed by atoms with Crippen molar-refractivity contribution < 1.29 is 0 Å². The Morgan fingerprint density at radius 2 is 1.81 bits per heavy atom. The summed E-state index contributed by atoms with van der Waals surface area (Å²) in [5.41, 5.74) is 2.87. The highest BCUT2D eigenvalue weighted by Crippen LogP contribution is 2.26. The number of hydrogen-bond donors (Lipinski definition) is 2. The van der Waals surface area contributed by atoms with Crippen LogP contribution in [0.5, 0.6) is 0 Å². The highest BCUT2D eigenvalue weighted by Gasteiger charge is 2.08. The van der Waals surface area contributed by atoms with Gasteiger partial charge in [0.05, 0.1) is 11.2 Å². The first-order chi connectivity index (χ1) is 10.3. The first kappa shape index (κ1) is 13.3. The number of nitrogens with zero attached hydrogens (tertiary/aromatic N) is 3. The Morgan fingerprint density at radius 1 is 1.00 bits per heavy atom. The van der Waals surface area contributed by atoms with Gasteiger partial charge in [0.2, 0.25) is 0 Å². The molecule has 0 saturated carbocycles. The van der Waals surface area contributed by atoms with Crippen molar-refractivity contribution in [3.05, 3.63) is 48.4 Å². The molecule has 0 spiro atoms. The predicted molar refractivity (Wildman–Crippen MR) is 86.0 cm³/mol. The van der Waals surface area contributed by atoms with Crippen LogP contribution in [0.2, 0.25) is 0 Å². The standard InChI is InChI=1S/C16H17N5/c1-3-17-15-11(2)16(20-10-19-15)21-13-8-4-6-12-7-5-9-18-14(12)13/h4-10H,3H2,1-2H3,(H2,17,19,20,21). The summed E-state index contributed by atoms with van der Waals surface area (Å²) in [5, 5.41) is 7.69. The van der Waals surface area contributed by atoms with Crippen LogP contribution in [0.1, 0.15) is 12.5 Å². The molecule has 0 bridgehead atoms. The highest BCUT2D eigenvalue weighted by atomic mass is 15.1. The normalized spacial score (nSPS) is 10.6. The third-order valence-corrected chi connectivity index (χ3v) is 3.31. The molecule has 0 aliphatic rings. The summed E-state index contributed by atoms with van der Waals surface area (Å²) in [4.78, 5) is 13.0. The molecule has 5 heteroatoms. The molecule has 0 amide bonds. The number of aromatic nitrogens is 3. The predicted octanol–water partition coefficient (Wildman–Crippen LogP) is 3.51. The Hall–Kier alpha value is -2.69. The van der Waals surface area contributed by atoms with Crippen molar-refractivity contribution in [1.29, 1.82) is 0 Å². The molecule has 3 aromatic rings. The number of rotatable bonds is 4. The van der Waals surface area contributed by atoms with Crippen LogP contribution >= 0.6 is 0 Å².